The number of methoxy groups -OCH3 is 1. The van der Waals surface area contributed by atoms with Gasteiger partial charge in [-0.2, -0.15) is 0 Å². The number of H-pyrrole nitrogens is 1. The zero-order valence-electron chi connectivity index (χ0n) is 36.0. The van der Waals surface area contributed by atoms with Gasteiger partial charge in [0.2, 0.25) is 11.2 Å². The molecule has 2 aromatic heterocycles. The number of pyridine rings is 1. The van der Waals surface area contributed by atoms with Gasteiger partial charge in [0.25, 0.3) is 5.91 Å². The minimum absolute atomic E-state index is 0.0778. The van der Waals surface area contributed by atoms with E-state index in [9.17, 15) is 29.7 Å². The van der Waals surface area contributed by atoms with Crippen LogP contribution in [0.1, 0.15) is 62.0 Å². The number of fused-ring (bicyclic) bond motifs is 1. The van der Waals surface area contributed by atoms with Gasteiger partial charge in [-0.3, -0.25) is 14.5 Å². The summed E-state index contributed by atoms with van der Waals surface area (Å²) in [7, 11) is 1.53. The van der Waals surface area contributed by atoms with E-state index in [0.29, 0.717) is 46.5 Å². The van der Waals surface area contributed by atoms with E-state index in [4.69, 9.17) is 9.47 Å². The highest BCUT2D eigenvalue weighted by atomic mass is 32.1. The number of likely N-dealkylation sites (tertiary alicyclic amines) is 1. The number of thiophene rings is 1. The van der Waals surface area contributed by atoms with Gasteiger partial charge in [0.1, 0.15) is 11.5 Å². The Morgan fingerprint density at radius 2 is 1.58 bits per heavy atom. The minimum atomic E-state index is -1.99. The number of esters is 1. The number of nitrogens with one attached hydrogen (secondary N) is 3. The molecular formula is C52H52N4O8S. The summed E-state index contributed by atoms with van der Waals surface area (Å²) < 4.78 is 11.5. The van der Waals surface area contributed by atoms with Gasteiger partial charge in [-0.25, -0.2) is 4.79 Å². The molecule has 2 unspecified atom stereocenters. The Hall–Kier alpha value is -6.61. The second-order valence-electron chi connectivity index (χ2n) is 16.4. The number of amides is 1. The lowest BCUT2D eigenvalue weighted by atomic mass is 9.85. The standard InChI is InChI=1S/C52H52N4O8S/c1-63-47-27-37(12-13-38(47)28-53-30-46(58)43-18-20-45(57)49-44(43)19-21-48(59)55-49)50(60)54-29-42-26-39(33-65-42)36-14-16-41(17-15-36)52(62,40-10-6-3-7-11-40)51(61)64-32-35-22-24-56(25-23-35)31-34-8-4-2-5-9-34/h2-21,26-27,33,35,46,53,57-58,62H,22-25,28-32H2,1H3,(H,54,60)(H,55,59). The first-order valence-electron chi connectivity index (χ1n) is 21.7. The molecule has 3 heterocycles. The Labute approximate surface area is 381 Å². The number of aliphatic hydroxyl groups is 2. The number of rotatable bonds is 17. The first kappa shape index (κ1) is 45.0. The summed E-state index contributed by atoms with van der Waals surface area (Å²) in [5, 5.41) is 42.1. The molecule has 1 aliphatic rings. The fourth-order valence-electron chi connectivity index (χ4n) is 8.37. The van der Waals surface area contributed by atoms with Gasteiger partial charge >= 0.3 is 5.97 Å². The van der Waals surface area contributed by atoms with E-state index in [1.165, 1.54) is 36.1 Å². The molecular weight excluding hydrogens is 841 g/mol. The maximum atomic E-state index is 13.9. The Bertz CT molecular complexity index is 2790. The van der Waals surface area contributed by atoms with Crippen LogP contribution in [0, 0.1) is 5.92 Å². The number of carbonyl (C=O) groups is 2. The van der Waals surface area contributed by atoms with Crippen LogP contribution in [0.3, 0.4) is 0 Å². The first-order valence-corrected chi connectivity index (χ1v) is 22.6. The van der Waals surface area contributed by atoms with Crippen LogP contribution in [0.4, 0.5) is 0 Å². The van der Waals surface area contributed by atoms with Gasteiger partial charge in [0, 0.05) is 47.1 Å². The molecule has 2 atom stereocenters. The predicted octanol–water partition coefficient (Wildman–Crippen LogP) is 7.42. The van der Waals surface area contributed by atoms with Gasteiger partial charge in [-0.05, 0) is 101 Å². The Morgan fingerprint density at radius 3 is 2.32 bits per heavy atom. The lowest BCUT2D eigenvalue weighted by Gasteiger charge is -2.33. The van der Waals surface area contributed by atoms with Crippen LogP contribution in [0.2, 0.25) is 0 Å². The van der Waals surface area contributed by atoms with Crippen molar-refractivity contribution in [1.29, 1.82) is 0 Å². The highest BCUT2D eigenvalue weighted by molar-refractivity contribution is 7.10. The third kappa shape index (κ3) is 10.5. The average Bonchev–Trinajstić information content (AvgIpc) is 3.83. The normalized spacial score (nSPS) is 14.7. The first-order chi connectivity index (χ1) is 31.6. The second-order valence-corrected chi connectivity index (χ2v) is 17.4. The third-order valence-electron chi connectivity index (χ3n) is 12.1. The van der Waals surface area contributed by atoms with Crippen molar-refractivity contribution in [2.45, 2.75) is 44.2 Å². The van der Waals surface area contributed by atoms with Crippen LogP contribution >= 0.6 is 11.3 Å². The van der Waals surface area contributed by atoms with Crippen LogP contribution in [0.25, 0.3) is 22.0 Å². The summed E-state index contributed by atoms with van der Waals surface area (Å²) in [6.45, 7) is 3.82. The number of aromatic nitrogens is 1. The molecule has 1 saturated heterocycles. The van der Waals surface area contributed by atoms with Crippen molar-refractivity contribution in [1.82, 2.24) is 20.5 Å². The van der Waals surface area contributed by atoms with Crippen molar-refractivity contribution in [2.24, 2.45) is 5.92 Å². The molecule has 12 nitrogen and oxygen atoms in total. The quantitative estimate of drug-likeness (QED) is 0.0506. The fourth-order valence-corrected chi connectivity index (χ4v) is 9.20. The number of carbonyl (C=O) groups excluding carboxylic acids is 2. The Morgan fingerprint density at radius 1 is 0.862 bits per heavy atom. The van der Waals surface area contributed by atoms with E-state index >= 15 is 0 Å². The van der Waals surface area contributed by atoms with Crippen molar-refractivity contribution in [3.8, 4) is 22.6 Å². The van der Waals surface area contributed by atoms with E-state index in [2.05, 4.69) is 44.8 Å². The predicted molar refractivity (Wildman–Crippen MR) is 252 cm³/mol. The minimum Gasteiger partial charge on any atom is -0.506 e. The van der Waals surface area contributed by atoms with Crippen molar-refractivity contribution < 1.29 is 34.4 Å². The molecule has 65 heavy (non-hydrogen) atoms. The second kappa shape index (κ2) is 20.5. The van der Waals surface area contributed by atoms with E-state index in [1.807, 2.05) is 35.7 Å². The molecule has 1 fully saturated rings. The van der Waals surface area contributed by atoms with Crippen molar-refractivity contribution in [3.05, 3.63) is 187 Å². The van der Waals surface area contributed by atoms with E-state index in [1.54, 1.807) is 66.7 Å². The molecule has 0 bridgehead atoms. The highest BCUT2D eigenvalue weighted by Crippen LogP contribution is 2.35. The molecule has 13 heteroatoms. The van der Waals surface area contributed by atoms with Gasteiger partial charge in [0.05, 0.1) is 31.9 Å². The summed E-state index contributed by atoms with van der Waals surface area (Å²) in [6, 6.07) is 39.8. The van der Waals surface area contributed by atoms with Crippen LogP contribution in [-0.2, 0) is 34.8 Å². The largest absolute Gasteiger partial charge is 0.506 e. The number of aliphatic hydroxyl groups excluding tert-OH is 1. The molecule has 5 aromatic carbocycles. The third-order valence-corrected chi connectivity index (χ3v) is 13.0. The molecule has 7 aromatic rings. The number of piperidine rings is 1. The maximum absolute atomic E-state index is 13.9. The molecule has 0 aliphatic carbocycles. The number of ether oxygens (including phenoxy) is 2. The van der Waals surface area contributed by atoms with Crippen LogP contribution < -0.4 is 20.9 Å². The van der Waals surface area contributed by atoms with E-state index in [0.717, 1.165) is 54.0 Å². The summed E-state index contributed by atoms with van der Waals surface area (Å²) in [5.74, 6) is -0.316. The van der Waals surface area contributed by atoms with Crippen molar-refractivity contribution >= 4 is 34.1 Å². The molecule has 0 radical (unpaired) electrons. The summed E-state index contributed by atoms with van der Waals surface area (Å²) >= 11 is 1.51. The number of phenolic OH excluding ortho intramolecular Hbond substituents is 1. The molecule has 6 N–H and O–H groups in total. The Balaban J connectivity index is 0.849. The summed E-state index contributed by atoms with van der Waals surface area (Å²) in [4.78, 5) is 44.9. The summed E-state index contributed by atoms with van der Waals surface area (Å²) in [6.07, 6.45) is 0.895. The van der Waals surface area contributed by atoms with Crippen LogP contribution in [0.5, 0.6) is 11.5 Å². The maximum Gasteiger partial charge on any atom is 0.347 e. The summed E-state index contributed by atoms with van der Waals surface area (Å²) in [5.41, 5.74) is 3.65. The Kier molecular flexibility index (Phi) is 14.2. The lowest BCUT2D eigenvalue weighted by Crippen LogP contribution is -2.40. The van der Waals surface area contributed by atoms with Gasteiger partial charge in [-0.15, -0.1) is 11.3 Å². The highest BCUT2D eigenvalue weighted by Gasteiger charge is 2.42. The number of benzene rings is 5. The van der Waals surface area contributed by atoms with Crippen molar-refractivity contribution in [3.63, 3.8) is 0 Å². The van der Waals surface area contributed by atoms with Gasteiger partial charge < -0.3 is 40.4 Å². The molecule has 0 spiro atoms. The molecule has 1 aliphatic heterocycles. The number of nitrogens with zero attached hydrogens (tertiary/aromatic N) is 1. The molecule has 334 valence electrons. The van der Waals surface area contributed by atoms with Crippen LogP contribution in [-0.4, -0.2) is 70.4 Å². The van der Waals surface area contributed by atoms with Gasteiger partial charge in [-0.1, -0.05) is 97.1 Å². The zero-order valence-corrected chi connectivity index (χ0v) is 36.9. The number of hydrogen-bond donors (Lipinski definition) is 6. The zero-order chi connectivity index (χ0) is 45.3. The average molecular weight is 893 g/mol. The fraction of sp³-hybridized carbons (Fsp3) is 0.250. The SMILES string of the molecule is COc1cc(C(=O)NCc2cc(-c3ccc(C(O)(C(=O)OCC4CCN(Cc5ccccc5)CC4)c4ccccc4)cc3)cs2)ccc1CNCC(O)c1ccc(O)c2[nH]c(=O)ccc12. The lowest BCUT2D eigenvalue weighted by molar-refractivity contribution is -0.164. The van der Waals surface area contributed by atoms with Gasteiger partial charge in [0.15, 0.2) is 0 Å². The number of phenols is 1. The topological polar surface area (TPSA) is 173 Å². The van der Waals surface area contributed by atoms with Crippen molar-refractivity contribution in [2.75, 3.05) is 33.4 Å². The molecule has 1 amide bonds. The van der Waals surface area contributed by atoms with E-state index in [-0.39, 0.29) is 41.8 Å². The number of hydrogen-bond acceptors (Lipinski definition) is 11. The number of aromatic amines is 1. The smallest absolute Gasteiger partial charge is 0.347 e. The molecule has 8 rings (SSSR count). The van der Waals surface area contributed by atoms with E-state index < -0.39 is 17.7 Å². The molecule has 0 saturated carbocycles. The number of aromatic hydroxyl groups is 1. The monoisotopic (exact) mass is 892 g/mol. The van der Waals surface area contributed by atoms with Crippen LogP contribution in [0.15, 0.2) is 144 Å².